The van der Waals surface area contributed by atoms with Crippen LogP contribution in [0.25, 0.3) is 101 Å². The monoisotopic (exact) mass is 1050 g/mol. The van der Waals surface area contributed by atoms with Gasteiger partial charge >= 0.3 is 0 Å². The standard InChI is InChI=1S/C70H70N8O2/c1-41-27-43(51-21-15-23-59-61(51)75-65(77(59)49-19-17-25-71-38-49)53-33-47(67(3,4)5)35-55(63(53)79)69(9,10)11)31-45(29-41)57-37-58(74-40-73-57)46-30-42(2)28-44(32-46)52-22-16-24-60-62(52)76-66(78(60)50-20-18-26-72-39-50)54-34-48(68(6,7)8)36-56(64(54)80)70(12,13)14/h15-40,79-80H,1-14H3. The van der Waals surface area contributed by atoms with Crippen molar-refractivity contribution in [3.05, 3.63) is 192 Å². The third kappa shape index (κ3) is 9.82. The molecule has 0 amide bonds. The third-order valence-electron chi connectivity index (χ3n) is 15.3. The number of phenols is 2. The average molecular weight is 1060 g/mol. The van der Waals surface area contributed by atoms with E-state index in [-0.39, 0.29) is 33.2 Å². The number of benzene rings is 6. The summed E-state index contributed by atoms with van der Waals surface area (Å²) in [5.41, 5.74) is 18.8. The fourth-order valence-electron chi connectivity index (χ4n) is 11.0. The molecule has 0 bridgehead atoms. The molecule has 0 radical (unpaired) electrons. The summed E-state index contributed by atoms with van der Waals surface area (Å²) >= 11 is 0. The molecule has 402 valence electrons. The van der Waals surface area contributed by atoms with E-state index in [2.05, 4.69) is 219 Å². The third-order valence-corrected chi connectivity index (χ3v) is 15.3. The minimum Gasteiger partial charge on any atom is -0.507 e. The molecule has 0 spiro atoms. The number of aromatic nitrogens is 8. The Labute approximate surface area is 470 Å². The molecule has 0 saturated heterocycles. The van der Waals surface area contributed by atoms with E-state index in [0.29, 0.717) is 22.8 Å². The van der Waals surface area contributed by atoms with E-state index in [1.165, 1.54) is 0 Å². The maximum absolute atomic E-state index is 12.2. The second-order valence-corrected chi connectivity index (χ2v) is 25.6. The lowest BCUT2D eigenvalue weighted by atomic mass is 9.79. The number of aromatic hydroxyl groups is 2. The minimum absolute atomic E-state index is 0.187. The maximum Gasteiger partial charge on any atom is 0.149 e. The molecule has 2 N–H and O–H groups in total. The van der Waals surface area contributed by atoms with Gasteiger partial charge in [-0.3, -0.25) is 19.1 Å². The lowest BCUT2D eigenvalue weighted by Crippen LogP contribution is -2.17. The summed E-state index contributed by atoms with van der Waals surface area (Å²) in [5.74, 6) is 1.72. The zero-order valence-electron chi connectivity index (χ0n) is 48.5. The minimum atomic E-state index is -0.328. The van der Waals surface area contributed by atoms with Gasteiger partial charge < -0.3 is 10.2 Å². The van der Waals surface area contributed by atoms with E-state index in [9.17, 15) is 10.2 Å². The van der Waals surface area contributed by atoms with Crippen LogP contribution in [-0.2, 0) is 21.7 Å². The topological polar surface area (TPSA) is 128 Å². The summed E-state index contributed by atoms with van der Waals surface area (Å²) in [6, 6.07) is 44.1. The predicted octanol–water partition coefficient (Wildman–Crippen LogP) is 17.2. The molecule has 10 heteroatoms. The summed E-state index contributed by atoms with van der Waals surface area (Å²) in [5, 5.41) is 24.5. The first-order valence-corrected chi connectivity index (χ1v) is 27.5. The Morgan fingerprint density at radius 1 is 0.400 bits per heavy atom. The van der Waals surface area contributed by atoms with Crippen LogP contribution in [0.5, 0.6) is 11.5 Å². The number of hydrogen-bond acceptors (Lipinski definition) is 8. The molecule has 0 saturated carbocycles. The molecule has 0 atom stereocenters. The number of nitrogens with zero attached hydrogens (tertiary/aromatic N) is 8. The van der Waals surface area contributed by atoms with Gasteiger partial charge in [0.25, 0.3) is 0 Å². The first-order valence-electron chi connectivity index (χ1n) is 27.5. The lowest BCUT2D eigenvalue weighted by Gasteiger charge is -2.27. The number of aryl methyl sites for hydroxylation is 2. The SMILES string of the molecule is Cc1cc(-c2cc(-c3cc(C)cc(-c4cccc5c4nc(-c4cc(C(C)(C)C)cc(C(C)(C)C)c4O)n5-c4cccnc4)c3)ncn2)cc(-c2cccc3c2nc(-c2cc(C(C)(C)C)cc(C(C)(C)C)c2O)n3-c2cccnc2)c1. The Morgan fingerprint density at radius 2 is 0.800 bits per heavy atom. The molecule has 0 aliphatic heterocycles. The highest BCUT2D eigenvalue weighted by molar-refractivity contribution is 5.98. The highest BCUT2D eigenvalue weighted by atomic mass is 16.3. The van der Waals surface area contributed by atoms with Crippen LogP contribution in [0.3, 0.4) is 0 Å². The smallest absolute Gasteiger partial charge is 0.149 e. The van der Waals surface area contributed by atoms with Gasteiger partial charge in [-0.2, -0.15) is 0 Å². The van der Waals surface area contributed by atoms with Gasteiger partial charge in [-0.15, -0.1) is 0 Å². The number of rotatable bonds is 8. The van der Waals surface area contributed by atoms with Crippen molar-refractivity contribution in [2.24, 2.45) is 0 Å². The summed E-state index contributed by atoms with van der Waals surface area (Å²) in [6.07, 6.45) is 8.88. The van der Waals surface area contributed by atoms with Crippen molar-refractivity contribution in [3.8, 4) is 90.4 Å². The molecule has 6 aromatic carbocycles. The second-order valence-electron chi connectivity index (χ2n) is 25.6. The van der Waals surface area contributed by atoms with E-state index in [4.69, 9.17) is 19.9 Å². The van der Waals surface area contributed by atoms with Crippen molar-refractivity contribution >= 4 is 22.1 Å². The molecule has 80 heavy (non-hydrogen) atoms. The Hall–Kier alpha value is -8.76. The number of imidazole rings is 2. The fourth-order valence-corrected chi connectivity index (χ4v) is 11.0. The zero-order chi connectivity index (χ0) is 56.8. The van der Waals surface area contributed by atoms with Crippen LogP contribution in [0, 0.1) is 13.8 Å². The van der Waals surface area contributed by atoms with Crippen molar-refractivity contribution in [2.45, 2.75) is 119 Å². The van der Waals surface area contributed by atoms with Crippen LogP contribution in [0.1, 0.15) is 116 Å². The molecular weight excluding hydrogens is 985 g/mol. The van der Waals surface area contributed by atoms with E-state index < -0.39 is 0 Å². The van der Waals surface area contributed by atoms with Crippen LogP contribution in [-0.4, -0.2) is 49.3 Å². The van der Waals surface area contributed by atoms with Crippen molar-refractivity contribution in [1.29, 1.82) is 0 Å². The Kier molecular flexibility index (Phi) is 13.0. The largest absolute Gasteiger partial charge is 0.507 e. The normalized spacial score (nSPS) is 12.5. The van der Waals surface area contributed by atoms with Crippen molar-refractivity contribution < 1.29 is 10.2 Å². The van der Waals surface area contributed by atoms with Gasteiger partial charge in [0.1, 0.15) is 29.5 Å². The summed E-state index contributed by atoms with van der Waals surface area (Å²) in [6.45, 7) is 30.2. The Morgan fingerprint density at radius 3 is 1.16 bits per heavy atom. The first-order chi connectivity index (χ1) is 37.8. The maximum atomic E-state index is 12.2. The fraction of sp³-hybridized carbons (Fsp3) is 0.257. The predicted molar refractivity (Wildman–Crippen MR) is 327 cm³/mol. The molecule has 0 aliphatic rings. The van der Waals surface area contributed by atoms with Gasteiger partial charge in [0, 0.05) is 45.8 Å². The molecule has 0 aliphatic carbocycles. The summed E-state index contributed by atoms with van der Waals surface area (Å²) in [7, 11) is 0. The Bertz CT molecular complexity index is 3930. The van der Waals surface area contributed by atoms with Crippen molar-refractivity contribution in [2.75, 3.05) is 0 Å². The van der Waals surface area contributed by atoms with Crippen LogP contribution < -0.4 is 0 Å². The van der Waals surface area contributed by atoms with Crippen molar-refractivity contribution in [1.82, 2.24) is 39.0 Å². The van der Waals surface area contributed by atoms with E-state index in [0.717, 1.165) is 112 Å². The average Bonchev–Trinajstić information content (AvgIpc) is 4.00. The van der Waals surface area contributed by atoms with Crippen LogP contribution in [0.4, 0.5) is 0 Å². The molecule has 0 fully saturated rings. The van der Waals surface area contributed by atoms with E-state index >= 15 is 0 Å². The van der Waals surface area contributed by atoms with E-state index in [1.54, 1.807) is 18.7 Å². The number of hydrogen-bond donors (Lipinski definition) is 2. The highest BCUT2D eigenvalue weighted by Gasteiger charge is 2.31. The Balaban J connectivity index is 1.03. The second kappa shape index (κ2) is 19.6. The van der Waals surface area contributed by atoms with Gasteiger partial charge in [-0.25, -0.2) is 19.9 Å². The molecule has 0 unspecified atom stereocenters. The first kappa shape index (κ1) is 53.3. The summed E-state index contributed by atoms with van der Waals surface area (Å²) in [4.78, 5) is 29.8. The van der Waals surface area contributed by atoms with Crippen LogP contribution in [0.2, 0.25) is 0 Å². The molecule has 11 rings (SSSR count). The molecular formula is C70H70N8O2. The quantitative estimate of drug-likeness (QED) is 0.154. The van der Waals surface area contributed by atoms with Gasteiger partial charge in [0.2, 0.25) is 0 Å². The summed E-state index contributed by atoms with van der Waals surface area (Å²) < 4.78 is 4.24. The van der Waals surface area contributed by atoms with Crippen LogP contribution >= 0.6 is 0 Å². The van der Waals surface area contributed by atoms with Gasteiger partial charge in [0.05, 0.1) is 68.4 Å². The number of fused-ring (bicyclic) bond motifs is 2. The number of para-hydroxylation sites is 2. The highest BCUT2D eigenvalue weighted by Crippen LogP contribution is 2.47. The van der Waals surface area contributed by atoms with Gasteiger partial charge in [0.15, 0.2) is 0 Å². The number of phenolic OH excluding ortho intramolecular Hbond substituents is 2. The molecule has 10 nitrogen and oxygen atoms in total. The molecule has 5 heterocycles. The zero-order valence-corrected chi connectivity index (χ0v) is 48.5. The number of pyridine rings is 2. The lowest BCUT2D eigenvalue weighted by molar-refractivity contribution is 0.445. The van der Waals surface area contributed by atoms with Gasteiger partial charge in [-0.1, -0.05) is 132 Å². The molecule has 5 aromatic heterocycles. The van der Waals surface area contributed by atoms with E-state index in [1.807, 2.05) is 36.7 Å². The van der Waals surface area contributed by atoms with Gasteiger partial charge in [-0.05, 0) is 148 Å². The van der Waals surface area contributed by atoms with Crippen LogP contribution in [0.15, 0.2) is 159 Å². The van der Waals surface area contributed by atoms with Crippen molar-refractivity contribution in [3.63, 3.8) is 0 Å². The molecule has 11 aromatic rings.